The van der Waals surface area contributed by atoms with E-state index in [0.29, 0.717) is 18.5 Å². The second-order valence-corrected chi connectivity index (χ2v) is 7.98. The highest BCUT2D eigenvalue weighted by molar-refractivity contribution is 6.00. The number of aliphatic carboxylic acids is 1. The van der Waals surface area contributed by atoms with Crippen LogP contribution in [-0.4, -0.2) is 51.2 Å². The Morgan fingerprint density at radius 1 is 1.24 bits per heavy atom. The molecule has 2 fully saturated rings. The first kappa shape index (κ1) is 19.4. The molecular formula is C21H25N3O5. The second kappa shape index (κ2) is 7.51. The van der Waals surface area contributed by atoms with E-state index in [9.17, 15) is 24.6 Å². The maximum absolute atomic E-state index is 12.5. The molecular weight excluding hydrogens is 374 g/mol. The molecule has 8 nitrogen and oxygen atoms in total. The number of aliphatic hydroxyl groups excluding tert-OH is 1. The van der Waals surface area contributed by atoms with Crippen LogP contribution in [0.15, 0.2) is 41.6 Å². The molecule has 0 spiro atoms. The molecule has 0 radical (unpaired) electrons. The maximum Gasteiger partial charge on any atom is 0.352 e. The van der Waals surface area contributed by atoms with Gasteiger partial charge in [0.2, 0.25) is 5.91 Å². The van der Waals surface area contributed by atoms with Gasteiger partial charge in [0.25, 0.3) is 0 Å². The summed E-state index contributed by atoms with van der Waals surface area (Å²) in [5.41, 5.74) is 1.56. The Hall–Kier alpha value is -2.87. The Morgan fingerprint density at radius 2 is 1.97 bits per heavy atom. The molecule has 8 heteroatoms. The van der Waals surface area contributed by atoms with Crippen molar-refractivity contribution < 1.29 is 24.6 Å². The van der Waals surface area contributed by atoms with Crippen LogP contribution in [0.2, 0.25) is 0 Å². The molecule has 4 rings (SSSR count). The van der Waals surface area contributed by atoms with Gasteiger partial charge in [-0.25, -0.2) is 9.59 Å². The van der Waals surface area contributed by atoms with Crippen molar-refractivity contribution in [1.82, 2.24) is 15.5 Å². The minimum Gasteiger partial charge on any atom is -0.477 e. The lowest BCUT2D eigenvalue weighted by molar-refractivity contribution is -0.163. The van der Waals surface area contributed by atoms with Crippen LogP contribution in [0.3, 0.4) is 0 Å². The van der Waals surface area contributed by atoms with Gasteiger partial charge in [0.05, 0.1) is 24.1 Å². The summed E-state index contributed by atoms with van der Waals surface area (Å²) in [5, 5.41) is 25.5. The van der Waals surface area contributed by atoms with Crippen molar-refractivity contribution >= 4 is 17.9 Å². The first-order chi connectivity index (χ1) is 13.9. The van der Waals surface area contributed by atoms with E-state index in [0.717, 1.165) is 18.4 Å². The normalized spacial score (nSPS) is 28.9. The predicted octanol–water partition coefficient (Wildman–Crippen LogP) is 1.21. The molecule has 1 aromatic rings. The molecule has 1 aromatic carbocycles. The SMILES string of the molecule is CC(O)[C@H]1C(=O)N2C(C(=O)O)=C3[C@@H](NC(=O)NCc4ccccc4)CCC[C@@H]3[C@H]12. The Bertz CT molecular complexity index is 866. The average molecular weight is 399 g/mol. The van der Waals surface area contributed by atoms with Crippen molar-refractivity contribution in [3.63, 3.8) is 0 Å². The van der Waals surface area contributed by atoms with Gasteiger partial charge in [-0.15, -0.1) is 0 Å². The summed E-state index contributed by atoms with van der Waals surface area (Å²) >= 11 is 0. The molecule has 2 aliphatic heterocycles. The summed E-state index contributed by atoms with van der Waals surface area (Å²) in [6.07, 6.45) is 1.35. The van der Waals surface area contributed by atoms with Gasteiger partial charge >= 0.3 is 12.0 Å². The fourth-order valence-corrected chi connectivity index (χ4v) is 5.02. The van der Waals surface area contributed by atoms with Crippen LogP contribution in [0.4, 0.5) is 4.79 Å². The largest absolute Gasteiger partial charge is 0.477 e. The fraction of sp³-hybridized carbons (Fsp3) is 0.476. The molecule has 5 atom stereocenters. The summed E-state index contributed by atoms with van der Waals surface area (Å²) < 4.78 is 0. The van der Waals surface area contributed by atoms with Crippen molar-refractivity contribution in [3.8, 4) is 0 Å². The minimum absolute atomic E-state index is 0.0186. The zero-order chi connectivity index (χ0) is 20.7. The molecule has 1 saturated carbocycles. The number of hydrogen-bond acceptors (Lipinski definition) is 4. The number of hydrogen-bond donors (Lipinski definition) is 4. The topological polar surface area (TPSA) is 119 Å². The lowest BCUT2D eigenvalue weighted by Crippen LogP contribution is -2.64. The van der Waals surface area contributed by atoms with Crippen LogP contribution in [0.25, 0.3) is 0 Å². The van der Waals surface area contributed by atoms with Gasteiger partial charge in [-0.05, 0) is 30.9 Å². The molecule has 2 heterocycles. The first-order valence-electron chi connectivity index (χ1n) is 9.97. The van der Waals surface area contributed by atoms with Crippen LogP contribution >= 0.6 is 0 Å². The highest BCUT2D eigenvalue weighted by Crippen LogP contribution is 2.52. The third kappa shape index (κ3) is 3.27. The lowest BCUT2D eigenvalue weighted by atomic mass is 9.71. The average Bonchev–Trinajstić information content (AvgIpc) is 2.98. The zero-order valence-electron chi connectivity index (χ0n) is 16.2. The summed E-state index contributed by atoms with van der Waals surface area (Å²) in [7, 11) is 0. The van der Waals surface area contributed by atoms with E-state index in [4.69, 9.17) is 0 Å². The Kier molecular flexibility index (Phi) is 5.04. The monoisotopic (exact) mass is 399 g/mol. The maximum atomic E-state index is 12.5. The van der Waals surface area contributed by atoms with E-state index in [1.807, 2.05) is 30.3 Å². The number of benzene rings is 1. The number of nitrogens with zero attached hydrogens (tertiary/aromatic N) is 1. The number of aliphatic hydroxyl groups is 1. The number of β-lactam (4-membered cyclic amide) rings is 1. The Labute approximate surface area is 168 Å². The van der Waals surface area contributed by atoms with E-state index in [-0.39, 0.29) is 29.6 Å². The quantitative estimate of drug-likeness (QED) is 0.555. The second-order valence-electron chi connectivity index (χ2n) is 7.98. The molecule has 29 heavy (non-hydrogen) atoms. The van der Waals surface area contributed by atoms with Gasteiger partial charge in [-0.3, -0.25) is 4.79 Å². The van der Waals surface area contributed by atoms with E-state index < -0.39 is 24.0 Å². The Balaban J connectivity index is 1.52. The third-order valence-corrected chi connectivity index (χ3v) is 6.22. The van der Waals surface area contributed by atoms with Gasteiger partial charge in [0.15, 0.2) is 0 Å². The molecule has 154 valence electrons. The van der Waals surface area contributed by atoms with Crippen molar-refractivity contribution in [2.45, 2.75) is 50.9 Å². The number of fused-ring (bicyclic) bond motifs is 3. The van der Waals surface area contributed by atoms with Crippen molar-refractivity contribution in [2.75, 3.05) is 0 Å². The first-order valence-corrected chi connectivity index (χ1v) is 9.97. The van der Waals surface area contributed by atoms with Gasteiger partial charge in [0.1, 0.15) is 5.70 Å². The predicted molar refractivity (Wildman–Crippen MR) is 103 cm³/mol. The van der Waals surface area contributed by atoms with Crippen molar-refractivity contribution in [3.05, 3.63) is 47.2 Å². The van der Waals surface area contributed by atoms with Crippen LogP contribution in [0.1, 0.15) is 31.7 Å². The molecule has 3 amide bonds. The fourth-order valence-electron chi connectivity index (χ4n) is 5.02. The number of urea groups is 1. The summed E-state index contributed by atoms with van der Waals surface area (Å²) in [4.78, 5) is 38.2. The Morgan fingerprint density at radius 3 is 2.62 bits per heavy atom. The van der Waals surface area contributed by atoms with Gasteiger partial charge in [-0.1, -0.05) is 36.8 Å². The highest BCUT2D eigenvalue weighted by atomic mass is 16.4. The summed E-state index contributed by atoms with van der Waals surface area (Å²) in [6.45, 7) is 1.93. The van der Waals surface area contributed by atoms with Crippen molar-refractivity contribution in [1.29, 1.82) is 0 Å². The number of rotatable bonds is 5. The van der Waals surface area contributed by atoms with E-state index in [2.05, 4.69) is 10.6 Å². The van der Waals surface area contributed by atoms with E-state index >= 15 is 0 Å². The van der Waals surface area contributed by atoms with Gasteiger partial charge in [-0.2, -0.15) is 0 Å². The summed E-state index contributed by atoms with van der Waals surface area (Å²) in [6, 6.07) is 8.36. The number of carbonyl (C=O) groups excluding carboxylic acids is 2. The number of carboxylic acid groups (broad SMARTS) is 1. The smallest absolute Gasteiger partial charge is 0.352 e. The zero-order valence-corrected chi connectivity index (χ0v) is 16.2. The molecule has 3 aliphatic rings. The van der Waals surface area contributed by atoms with E-state index in [1.54, 1.807) is 6.92 Å². The van der Waals surface area contributed by atoms with Crippen LogP contribution in [0.5, 0.6) is 0 Å². The molecule has 1 unspecified atom stereocenters. The minimum atomic E-state index is -1.16. The van der Waals surface area contributed by atoms with Crippen molar-refractivity contribution in [2.24, 2.45) is 11.8 Å². The highest BCUT2D eigenvalue weighted by Gasteiger charge is 2.62. The van der Waals surface area contributed by atoms with Crippen LogP contribution < -0.4 is 10.6 Å². The van der Waals surface area contributed by atoms with Gasteiger partial charge in [0, 0.05) is 12.5 Å². The number of amides is 3. The standard InChI is InChI=1S/C21H25N3O5/c1-11(25)15-17-13-8-5-9-14(16(13)18(20(27)28)24(17)19(15)26)23-21(29)22-10-12-6-3-2-4-7-12/h2-4,6-7,11,13-15,17,25H,5,8-10H2,1H3,(H,27,28)(H2,22,23,29)/t11?,13-,14-,15+,17+/m0/s1. The van der Waals surface area contributed by atoms with Crippen LogP contribution in [-0.2, 0) is 16.1 Å². The molecule has 4 N–H and O–H groups in total. The number of nitrogens with one attached hydrogen (secondary N) is 2. The number of carboxylic acids is 1. The summed E-state index contributed by atoms with van der Waals surface area (Å²) in [5.74, 6) is -2.25. The molecule has 1 aliphatic carbocycles. The number of carbonyl (C=O) groups is 3. The molecule has 1 saturated heterocycles. The molecule has 0 aromatic heterocycles. The molecule has 0 bridgehead atoms. The van der Waals surface area contributed by atoms with E-state index in [1.165, 1.54) is 4.90 Å². The lowest BCUT2D eigenvalue weighted by Gasteiger charge is -2.47. The van der Waals surface area contributed by atoms with Gasteiger partial charge < -0.3 is 25.7 Å². The third-order valence-electron chi connectivity index (χ3n) is 6.22. The van der Waals surface area contributed by atoms with Crippen LogP contribution in [0, 0.1) is 11.8 Å².